The van der Waals surface area contributed by atoms with Crippen LogP contribution in [-0.2, 0) is 0 Å². The number of nitrogens with one attached hydrogen (secondary N) is 1. The molecule has 1 N–H and O–H groups in total. The average molecular weight is 125 g/mol. The quantitative estimate of drug-likeness (QED) is 0.521. The summed E-state index contributed by atoms with van der Waals surface area (Å²) in [4.78, 5) is 0. The summed E-state index contributed by atoms with van der Waals surface area (Å²) >= 11 is 0. The van der Waals surface area contributed by atoms with Crippen LogP contribution in [0.4, 0.5) is 0 Å². The summed E-state index contributed by atoms with van der Waals surface area (Å²) in [5, 5.41) is 3.32. The lowest BCUT2D eigenvalue weighted by atomic mass is 9.86. The van der Waals surface area contributed by atoms with Crippen molar-refractivity contribution >= 4 is 0 Å². The third kappa shape index (κ3) is 1.47. The molecule has 0 spiro atoms. The van der Waals surface area contributed by atoms with E-state index in [-0.39, 0.29) is 0 Å². The van der Waals surface area contributed by atoms with Gasteiger partial charge in [-0.3, -0.25) is 0 Å². The molecular weight excluding hydrogens is 110 g/mol. The van der Waals surface area contributed by atoms with E-state index in [9.17, 15) is 0 Å². The van der Waals surface area contributed by atoms with Crippen LogP contribution in [0.3, 0.4) is 0 Å². The SMILES string of the molecule is CC(C)(C)C1CC=CN1. The largest absolute Gasteiger partial charge is 0.388 e. The van der Waals surface area contributed by atoms with Gasteiger partial charge in [-0.2, -0.15) is 0 Å². The number of hydrogen-bond acceptors (Lipinski definition) is 1. The third-order valence-electron chi connectivity index (χ3n) is 1.83. The Bertz CT molecular complexity index is 111. The van der Waals surface area contributed by atoms with E-state index in [2.05, 4.69) is 38.4 Å². The zero-order valence-electron chi connectivity index (χ0n) is 6.44. The topological polar surface area (TPSA) is 12.0 Å². The van der Waals surface area contributed by atoms with Gasteiger partial charge in [-0.1, -0.05) is 26.8 Å². The summed E-state index contributed by atoms with van der Waals surface area (Å²) in [6, 6.07) is 0.650. The highest BCUT2D eigenvalue weighted by Gasteiger charge is 2.23. The van der Waals surface area contributed by atoms with E-state index in [1.54, 1.807) is 0 Å². The molecule has 0 aromatic heterocycles. The van der Waals surface area contributed by atoms with Crippen molar-refractivity contribution in [3.63, 3.8) is 0 Å². The van der Waals surface area contributed by atoms with Crippen molar-refractivity contribution in [2.24, 2.45) is 5.41 Å². The molecule has 1 unspecified atom stereocenters. The van der Waals surface area contributed by atoms with Crippen LogP contribution in [0.25, 0.3) is 0 Å². The Kier molecular flexibility index (Phi) is 1.52. The van der Waals surface area contributed by atoms with Crippen LogP contribution in [0.1, 0.15) is 27.2 Å². The smallest absolute Gasteiger partial charge is 0.0339 e. The fourth-order valence-corrected chi connectivity index (χ4v) is 1.06. The highest BCUT2D eigenvalue weighted by Crippen LogP contribution is 2.24. The second-order valence-corrected chi connectivity index (χ2v) is 3.72. The molecule has 1 heterocycles. The highest BCUT2D eigenvalue weighted by molar-refractivity contribution is 4.99. The van der Waals surface area contributed by atoms with Crippen molar-refractivity contribution in [2.45, 2.75) is 33.2 Å². The van der Waals surface area contributed by atoms with Gasteiger partial charge in [0.1, 0.15) is 0 Å². The Morgan fingerprint density at radius 1 is 1.44 bits per heavy atom. The van der Waals surface area contributed by atoms with E-state index in [1.807, 2.05) is 0 Å². The van der Waals surface area contributed by atoms with Crippen LogP contribution in [0.5, 0.6) is 0 Å². The number of hydrogen-bond donors (Lipinski definition) is 1. The molecule has 0 saturated carbocycles. The third-order valence-corrected chi connectivity index (χ3v) is 1.83. The summed E-state index contributed by atoms with van der Waals surface area (Å²) in [6.45, 7) is 6.78. The minimum absolute atomic E-state index is 0.406. The lowest BCUT2D eigenvalue weighted by Crippen LogP contribution is -2.33. The molecule has 0 aromatic carbocycles. The lowest BCUT2D eigenvalue weighted by molar-refractivity contribution is 0.302. The van der Waals surface area contributed by atoms with Crippen molar-refractivity contribution in [3.8, 4) is 0 Å². The normalized spacial score (nSPS) is 26.3. The van der Waals surface area contributed by atoms with Crippen LogP contribution < -0.4 is 5.32 Å². The molecule has 1 heteroatoms. The Morgan fingerprint density at radius 2 is 2.11 bits per heavy atom. The molecule has 1 atom stereocenters. The van der Waals surface area contributed by atoms with Crippen molar-refractivity contribution in [2.75, 3.05) is 0 Å². The molecule has 0 bridgehead atoms. The minimum atomic E-state index is 0.406. The fraction of sp³-hybridized carbons (Fsp3) is 0.750. The van der Waals surface area contributed by atoms with Gasteiger partial charge in [-0.15, -0.1) is 0 Å². The fourth-order valence-electron chi connectivity index (χ4n) is 1.06. The Morgan fingerprint density at radius 3 is 2.33 bits per heavy atom. The van der Waals surface area contributed by atoms with Crippen LogP contribution in [0.2, 0.25) is 0 Å². The molecule has 52 valence electrons. The van der Waals surface area contributed by atoms with Crippen LogP contribution in [0.15, 0.2) is 12.3 Å². The van der Waals surface area contributed by atoms with E-state index in [0.29, 0.717) is 11.5 Å². The molecule has 0 aliphatic carbocycles. The highest BCUT2D eigenvalue weighted by atomic mass is 14.9. The first-order chi connectivity index (χ1) is 4.11. The van der Waals surface area contributed by atoms with Gasteiger partial charge in [-0.25, -0.2) is 0 Å². The molecule has 1 nitrogen and oxygen atoms in total. The van der Waals surface area contributed by atoms with Gasteiger partial charge < -0.3 is 5.32 Å². The second-order valence-electron chi connectivity index (χ2n) is 3.72. The van der Waals surface area contributed by atoms with E-state index >= 15 is 0 Å². The van der Waals surface area contributed by atoms with Gasteiger partial charge in [0.2, 0.25) is 0 Å². The van der Waals surface area contributed by atoms with Gasteiger partial charge in [0, 0.05) is 6.04 Å². The number of rotatable bonds is 0. The van der Waals surface area contributed by atoms with Crippen molar-refractivity contribution in [1.82, 2.24) is 5.32 Å². The van der Waals surface area contributed by atoms with Crippen molar-refractivity contribution in [1.29, 1.82) is 0 Å². The summed E-state index contributed by atoms with van der Waals surface area (Å²) in [5.41, 5.74) is 0.406. The predicted molar refractivity (Wildman–Crippen MR) is 40.1 cm³/mol. The maximum atomic E-state index is 3.32. The minimum Gasteiger partial charge on any atom is -0.388 e. The summed E-state index contributed by atoms with van der Waals surface area (Å²) in [5.74, 6) is 0. The van der Waals surface area contributed by atoms with E-state index < -0.39 is 0 Å². The molecule has 9 heavy (non-hydrogen) atoms. The monoisotopic (exact) mass is 125 g/mol. The average Bonchev–Trinajstić information content (AvgIpc) is 2.08. The van der Waals surface area contributed by atoms with Gasteiger partial charge in [-0.05, 0) is 18.0 Å². The molecule has 1 rings (SSSR count). The summed E-state index contributed by atoms with van der Waals surface area (Å²) in [7, 11) is 0. The standard InChI is InChI=1S/C8H15N/c1-8(2,3)7-5-4-6-9-7/h4,6-7,9H,5H2,1-3H3. The summed E-state index contributed by atoms with van der Waals surface area (Å²) in [6.07, 6.45) is 5.43. The molecule has 0 saturated heterocycles. The van der Waals surface area contributed by atoms with Gasteiger partial charge in [0.25, 0.3) is 0 Å². The zero-order chi connectivity index (χ0) is 6.91. The maximum absolute atomic E-state index is 3.32. The van der Waals surface area contributed by atoms with Gasteiger partial charge in [0.15, 0.2) is 0 Å². The Hall–Kier alpha value is -0.460. The lowest BCUT2D eigenvalue weighted by Gasteiger charge is -2.26. The van der Waals surface area contributed by atoms with E-state index in [1.165, 1.54) is 6.42 Å². The summed E-state index contributed by atoms with van der Waals surface area (Å²) < 4.78 is 0. The molecule has 1 aliphatic rings. The predicted octanol–water partition coefficient (Wildman–Crippen LogP) is 1.91. The first kappa shape index (κ1) is 6.66. The van der Waals surface area contributed by atoms with Crippen molar-refractivity contribution in [3.05, 3.63) is 12.3 Å². The molecule has 0 fully saturated rings. The molecular formula is C8H15N. The zero-order valence-corrected chi connectivity index (χ0v) is 6.44. The van der Waals surface area contributed by atoms with Gasteiger partial charge >= 0.3 is 0 Å². The first-order valence-corrected chi connectivity index (χ1v) is 3.52. The van der Waals surface area contributed by atoms with Crippen LogP contribution in [-0.4, -0.2) is 6.04 Å². The van der Waals surface area contributed by atoms with Gasteiger partial charge in [0.05, 0.1) is 0 Å². The Labute approximate surface area is 57.1 Å². The maximum Gasteiger partial charge on any atom is 0.0339 e. The molecule has 0 aromatic rings. The molecule has 1 aliphatic heterocycles. The first-order valence-electron chi connectivity index (χ1n) is 3.52. The molecule has 0 amide bonds. The Balaban J connectivity index is 2.46. The van der Waals surface area contributed by atoms with Crippen LogP contribution >= 0.6 is 0 Å². The van der Waals surface area contributed by atoms with E-state index in [4.69, 9.17) is 0 Å². The molecule has 0 radical (unpaired) electrons. The van der Waals surface area contributed by atoms with Crippen LogP contribution in [0, 0.1) is 5.41 Å². The van der Waals surface area contributed by atoms with Crippen molar-refractivity contribution < 1.29 is 0 Å². The van der Waals surface area contributed by atoms with E-state index in [0.717, 1.165) is 0 Å². The second kappa shape index (κ2) is 2.05.